The lowest BCUT2D eigenvalue weighted by molar-refractivity contribution is -0.132. The second-order valence-electron chi connectivity index (χ2n) is 12.0. The van der Waals surface area contributed by atoms with Crippen LogP contribution in [0.3, 0.4) is 0 Å². The van der Waals surface area contributed by atoms with Gasteiger partial charge in [0.15, 0.2) is 17.3 Å². The summed E-state index contributed by atoms with van der Waals surface area (Å²) in [7, 11) is 0. The zero-order valence-corrected chi connectivity index (χ0v) is 30.0. The Morgan fingerprint density at radius 2 is 0.851 bits per heavy atom. The minimum Gasteiger partial charge on any atom is -0.427 e. The van der Waals surface area contributed by atoms with Crippen LogP contribution >= 0.6 is 0 Å². The van der Waals surface area contributed by atoms with Crippen LogP contribution in [-0.2, 0) is 9.59 Å². The maximum atomic E-state index is 11.4. The fraction of sp³-hybridized carbons (Fsp3) is 0.425. The third kappa shape index (κ3) is 14.3. The SMILES string of the molecule is CCC(C)c1cc(C(C)=O)cc(C(C)=O)c1.CCC(C)c1cc(OC(C)=O)cc(OC(C)=O)c1.CCC(C)c1cccc(C(C)=O)c1. The molecule has 47 heavy (non-hydrogen) atoms. The molecule has 3 atom stereocenters. The minimum atomic E-state index is -0.398. The predicted molar refractivity (Wildman–Crippen MR) is 188 cm³/mol. The predicted octanol–water partition coefficient (Wildman–Crippen LogP) is 10.1. The molecule has 0 bridgehead atoms. The molecule has 7 heteroatoms. The Hall–Kier alpha value is -4.39. The molecule has 0 fully saturated rings. The highest BCUT2D eigenvalue weighted by molar-refractivity contribution is 6.00. The van der Waals surface area contributed by atoms with E-state index in [1.165, 1.54) is 39.3 Å². The van der Waals surface area contributed by atoms with E-state index in [1.807, 2.05) is 30.3 Å². The van der Waals surface area contributed by atoms with Crippen molar-refractivity contribution in [2.24, 2.45) is 0 Å². The van der Waals surface area contributed by atoms with Crippen molar-refractivity contribution in [1.82, 2.24) is 0 Å². The van der Waals surface area contributed by atoms with Gasteiger partial charge in [-0.15, -0.1) is 0 Å². The number of hydrogen-bond donors (Lipinski definition) is 0. The lowest BCUT2D eigenvalue weighted by Crippen LogP contribution is -2.05. The summed E-state index contributed by atoms with van der Waals surface area (Å²) in [5.41, 5.74) is 5.38. The van der Waals surface area contributed by atoms with Gasteiger partial charge in [-0.25, -0.2) is 0 Å². The van der Waals surface area contributed by atoms with Crippen molar-refractivity contribution in [3.05, 3.63) is 94.0 Å². The average Bonchev–Trinajstić information content (AvgIpc) is 3.03. The van der Waals surface area contributed by atoms with Crippen LogP contribution in [0.1, 0.15) is 161 Å². The summed E-state index contributed by atoms with van der Waals surface area (Å²) in [5, 5.41) is 0. The van der Waals surface area contributed by atoms with Crippen molar-refractivity contribution in [2.45, 2.75) is 113 Å². The van der Waals surface area contributed by atoms with E-state index < -0.39 is 11.9 Å². The molecule has 3 rings (SSSR count). The molecule has 0 aliphatic carbocycles. The van der Waals surface area contributed by atoms with E-state index in [1.54, 1.807) is 25.1 Å². The third-order valence-corrected chi connectivity index (χ3v) is 8.03. The van der Waals surface area contributed by atoms with E-state index in [4.69, 9.17) is 9.47 Å². The monoisotopic (exact) mass is 644 g/mol. The quantitative estimate of drug-likeness (QED) is 0.116. The van der Waals surface area contributed by atoms with E-state index in [2.05, 4.69) is 47.6 Å². The molecule has 0 saturated heterocycles. The van der Waals surface area contributed by atoms with Gasteiger partial charge >= 0.3 is 11.9 Å². The normalized spacial score (nSPS) is 12.1. The largest absolute Gasteiger partial charge is 0.427 e. The summed E-state index contributed by atoms with van der Waals surface area (Å²) in [6, 6.07) is 18.5. The molecular weight excluding hydrogens is 592 g/mol. The molecule has 0 spiro atoms. The Morgan fingerprint density at radius 1 is 0.489 bits per heavy atom. The van der Waals surface area contributed by atoms with Gasteiger partial charge in [-0.3, -0.25) is 24.0 Å². The van der Waals surface area contributed by atoms with Gasteiger partial charge in [-0.1, -0.05) is 59.7 Å². The smallest absolute Gasteiger partial charge is 0.308 e. The van der Waals surface area contributed by atoms with Gasteiger partial charge < -0.3 is 9.47 Å². The van der Waals surface area contributed by atoms with Gasteiger partial charge in [0.05, 0.1) is 0 Å². The van der Waals surface area contributed by atoms with Crippen LogP contribution < -0.4 is 9.47 Å². The first-order chi connectivity index (χ1) is 22.0. The van der Waals surface area contributed by atoms with Gasteiger partial charge in [0, 0.05) is 36.6 Å². The van der Waals surface area contributed by atoms with Crippen LogP contribution in [0.25, 0.3) is 0 Å². The first-order valence-corrected chi connectivity index (χ1v) is 16.3. The Kier molecular flexibility index (Phi) is 17.3. The maximum Gasteiger partial charge on any atom is 0.308 e. The number of hydrogen-bond acceptors (Lipinski definition) is 7. The van der Waals surface area contributed by atoms with Crippen molar-refractivity contribution in [2.75, 3.05) is 0 Å². The maximum absolute atomic E-state index is 11.4. The van der Waals surface area contributed by atoms with E-state index in [0.717, 1.165) is 36.0 Å². The van der Waals surface area contributed by atoms with E-state index >= 15 is 0 Å². The van der Waals surface area contributed by atoms with Crippen LogP contribution in [0.5, 0.6) is 11.5 Å². The van der Waals surface area contributed by atoms with Crippen molar-refractivity contribution in [3.8, 4) is 11.5 Å². The molecule has 0 heterocycles. The molecule has 0 radical (unpaired) electrons. The molecule has 0 saturated carbocycles. The average molecular weight is 645 g/mol. The highest BCUT2D eigenvalue weighted by Gasteiger charge is 2.12. The summed E-state index contributed by atoms with van der Waals surface area (Å²) in [4.78, 5) is 55.8. The topological polar surface area (TPSA) is 104 Å². The molecule has 7 nitrogen and oxygen atoms in total. The standard InChI is InChI=1S/C14H18O4.C14H18O2.C12H16O/c1-5-9(2)12-6-13(17-10(3)15)8-14(7-12)18-11(4)16;1-5-9(2)12-6-13(10(3)15)8-14(7-12)11(4)16;1-4-9(2)11-6-5-7-12(8-11)10(3)13/h6-9H,5H2,1-4H3;6-9H,5H2,1-4H3;5-9H,4H2,1-3H3. The number of ketones is 3. The molecule has 0 amide bonds. The number of carbonyl (C=O) groups is 5. The summed E-state index contributed by atoms with van der Waals surface area (Å²) in [6.45, 7) is 20.0. The Labute approximate surface area is 281 Å². The molecule has 0 aromatic heterocycles. The minimum absolute atomic E-state index is 0.00709. The second-order valence-corrected chi connectivity index (χ2v) is 12.0. The number of benzene rings is 3. The van der Waals surface area contributed by atoms with E-state index in [0.29, 0.717) is 40.4 Å². The van der Waals surface area contributed by atoms with E-state index in [-0.39, 0.29) is 17.3 Å². The first kappa shape index (κ1) is 40.6. The van der Waals surface area contributed by atoms with Gasteiger partial charge in [-0.2, -0.15) is 0 Å². The summed E-state index contributed by atoms with van der Waals surface area (Å²) < 4.78 is 10.1. The molecule has 3 aromatic carbocycles. The number of rotatable bonds is 11. The van der Waals surface area contributed by atoms with Crippen LogP contribution in [0.15, 0.2) is 60.7 Å². The van der Waals surface area contributed by atoms with Crippen molar-refractivity contribution >= 4 is 29.3 Å². The molecule has 0 aliphatic rings. The number of Topliss-reactive ketones (excluding diaryl/α,β-unsaturated/α-hetero) is 3. The lowest BCUT2D eigenvalue weighted by atomic mass is 9.93. The molecule has 3 aromatic rings. The van der Waals surface area contributed by atoms with Crippen molar-refractivity contribution in [3.63, 3.8) is 0 Å². The number of carbonyl (C=O) groups excluding carboxylic acids is 5. The Morgan fingerprint density at radius 3 is 1.21 bits per heavy atom. The number of esters is 2. The molecule has 3 unspecified atom stereocenters. The Bertz CT molecular complexity index is 1470. The van der Waals surface area contributed by atoms with Crippen LogP contribution in [-0.4, -0.2) is 29.3 Å². The molecule has 254 valence electrons. The van der Waals surface area contributed by atoms with Gasteiger partial charge in [0.2, 0.25) is 0 Å². The molecular formula is C40H52O7. The van der Waals surface area contributed by atoms with Crippen LogP contribution in [0, 0.1) is 0 Å². The third-order valence-electron chi connectivity index (χ3n) is 8.03. The van der Waals surface area contributed by atoms with Crippen molar-refractivity contribution in [1.29, 1.82) is 0 Å². The zero-order valence-electron chi connectivity index (χ0n) is 30.0. The molecule has 0 N–H and O–H groups in total. The summed E-state index contributed by atoms with van der Waals surface area (Å²) >= 11 is 0. The van der Waals surface area contributed by atoms with Gasteiger partial charge in [-0.05, 0) is 111 Å². The number of ether oxygens (including phenoxy) is 2. The highest BCUT2D eigenvalue weighted by Crippen LogP contribution is 2.29. The fourth-order valence-electron chi connectivity index (χ4n) is 4.44. The molecule has 0 aliphatic heterocycles. The summed E-state index contributed by atoms with van der Waals surface area (Å²) in [6.07, 6.45) is 3.06. The lowest BCUT2D eigenvalue weighted by Gasteiger charge is -2.13. The first-order valence-electron chi connectivity index (χ1n) is 16.3. The van der Waals surface area contributed by atoms with Crippen LogP contribution in [0.4, 0.5) is 0 Å². The summed E-state index contributed by atoms with van der Waals surface area (Å²) in [5.74, 6) is 1.38. The van der Waals surface area contributed by atoms with E-state index in [9.17, 15) is 24.0 Å². The second kappa shape index (κ2) is 20.0. The highest BCUT2D eigenvalue weighted by atomic mass is 16.5. The van der Waals surface area contributed by atoms with Crippen molar-refractivity contribution < 1.29 is 33.4 Å². The Balaban J connectivity index is 0.000000357. The fourth-order valence-corrected chi connectivity index (χ4v) is 4.44. The van der Waals surface area contributed by atoms with Gasteiger partial charge in [0.1, 0.15) is 11.5 Å². The van der Waals surface area contributed by atoms with Gasteiger partial charge in [0.25, 0.3) is 0 Å². The zero-order chi connectivity index (χ0) is 35.8. The van der Waals surface area contributed by atoms with Crippen LogP contribution in [0.2, 0.25) is 0 Å².